The monoisotopic (exact) mass is 386 g/mol. The fourth-order valence-corrected chi connectivity index (χ4v) is 1.44. The van der Waals surface area contributed by atoms with Crippen LogP contribution in [0.15, 0.2) is 0 Å². The third-order valence-electron chi connectivity index (χ3n) is 3.00. The molecule has 0 amide bonds. The van der Waals surface area contributed by atoms with Crippen LogP contribution in [0.25, 0.3) is 0 Å². The first-order valence-corrected chi connectivity index (χ1v) is 9.88. The van der Waals surface area contributed by atoms with E-state index in [-0.39, 0.29) is 11.1 Å². The molecule has 1 heterocycles. The van der Waals surface area contributed by atoms with E-state index >= 15 is 0 Å². The first kappa shape index (κ1) is 28.6. The predicted octanol–water partition coefficient (Wildman–Crippen LogP) is 5.11. The van der Waals surface area contributed by atoms with Crippen LogP contribution in [0, 0.1) is 0 Å². The van der Waals surface area contributed by atoms with Gasteiger partial charge in [0, 0.05) is 39.1 Å². The Morgan fingerprint density at radius 2 is 1.50 bits per heavy atom. The first-order chi connectivity index (χ1) is 11.5. The second-order valence-electron chi connectivity index (χ2n) is 5.30. The standard InChI is InChI=1S/C5H8O.2C4H8O.C4H10O.CH2Cl2/c6-5-3-1-2-4-5;1-2-4-5-3-1;1-3-4(2)5;1-2-3-4-5;2-1-3/h1-4H2;1-4H2;3H2,1-2H3;5H,2-4H2,1H3;1H2. The molecule has 0 radical (unpaired) electrons. The number of alkyl halides is 2. The van der Waals surface area contributed by atoms with E-state index in [2.05, 4.69) is 6.92 Å². The number of aliphatic hydroxyl groups is 1. The summed E-state index contributed by atoms with van der Waals surface area (Å²) in [6.07, 6.45) is 9.23. The van der Waals surface area contributed by atoms with Gasteiger partial charge in [-0.15, -0.1) is 23.2 Å². The lowest BCUT2D eigenvalue weighted by Gasteiger charge is -1.79. The van der Waals surface area contributed by atoms with E-state index in [9.17, 15) is 9.59 Å². The summed E-state index contributed by atoms with van der Waals surface area (Å²) < 4.78 is 4.94. The molecule has 0 unspecified atom stereocenters. The van der Waals surface area contributed by atoms with Gasteiger partial charge in [-0.1, -0.05) is 20.3 Å². The summed E-state index contributed by atoms with van der Waals surface area (Å²) in [5.74, 6) is 0.708. The van der Waals surface area contributed by atoms with E-state index in [0.717, 1.165) is 51.7 Å². The van der Waals surface area contributed by atoms with Crippen LogP contribution in [0.4, 0.5) is 0 Å². The van der Waals surface area contributed by atoms with Gasteiger partial charge in [0.05, 0.1) is 5.34 Å². The van der Waals surface area contributed by atoms with Crippen molar-refractivity contribution in [2.45, 2.75) is 78.6 Å². The highest BCUT2D eigenvalue weighted by molar-refractivity contribution is 6.40. The molecular formula is C18H36Cl2O4. The van der Waals surface area contributed by atoms with Gasteiger partial charge in [0.15, 0.2) is 0 Å². The number of Topliss-reactive ketones (excluding diaryl/α,β-unsaturated/α-hetero) is 2. The van der Waals surface area contributed by atoms with Crippen LogP contribution in [0.1, 0.15) is 78.6 Å². The maximum Gasteiger partial charge on any atom is 0.132 e. The van der Waals surface area contributed by atoms with Crippen LogP contribution in [0.3, 0.4) is 0 Å². The average Bonchev–Trinajstić information content (AvgIpc) is 3.26. The molecule has 2 aliphatic rings. The van der Waals surface area contributed by atoms with Gasteiger partial charge in [0.1, 0.15) is 11.6 Å². The number of rotatable bonds is 3. The van der Waals surface area contributed by atoms with Crippen molar-refractivity contribution in [2.24, 2.45) is 0 Å². The Balaban J connectivity index is -0.000000234. The van der Waals surface area contributed by atoms with Crippen LogP contribution in [0.2, 0.25) is 0 Å². The fraction of sp³-hybridized carbons (Fsp3) is 0.889. The van der Waals surface area contributed by atoms with Crippen molar-refractivity contribution in [3.8, 4) is 0 Å². The SMILES string of the molecule is C1CCOC1.CCC(C)=O.CCCCO.ClCCl.O=C1CCCC1. The van der Waals surface area contributed by atoms with E-state index in [1.165, 1.54) is 12.8 Å². The Morgan fingerprint density at radius 1 is 1.08 bits per heavy atom. The second kappa shape index (κ2) is 27.7. The fourth-order valence-electron chi connectivity index (χ4n) is 1.44. The third kappa shape index (κ3) is 37.8. The molecule has 1 saturated carbocycles. The Bertz CT molecular complexity index is 240. The summed E-state index contributed by atoms with van der Waals surface area (Å²) in [6.45, 7) is 7.83. The Hall–Kier alpha value is -0.160. The van der Waals surface area contributed by atoms with Crippen molar-refractivity contribution < 1.29 is 19.4 Å². The molecule has 1 aliphatic heterocycles. The van der Waals surface area contributed by atoms with E-state index in [0.29, 0.717) is 18.8 Å². The maximum absolute atomic E-state index is 10.2. The topological polar surface area (TPSA) is 63.6 Å². The molecule has 24 heavy (non-hydrogen) atoms. The van der Waals surface area contributed by atoms with Crippen molar-refractivity contribution in [1.29, 1.82) is 0 Å². The molecule has 4 nitrogen and oxygen atoms in total. The number of carbonyl (C=O) groups excluding carboxylic acids is 2. The highest BCUT2D eigenvalue weighted by atomic mass is 35.5. The van der Waals surface area contributed by atoms with Crippen LogP contribution < -0.4 is 0 Å². The molecule has 2 fully saturated rings. The van der Waals surface area contributed by atoms with E-state index in [4.69, 9.17) is 33.0 Å². The molecular weight excluding hydrogens is 351 g/mol. The molecule has 1 aliphatic carbocycles. The normalized spacial score (nSPS) is 14.7. The molecule has 2 rings (SSSR count). The van der Waals surface area contributed by atoms with Gasteiger partial charge >= 0.3 is 0 Å². The molecule has 0 aromatic heterocycles. The van der Waals surface area contributed by atoms with Gasteiger partial charge in [0.25, 0.3) is 0 Å². The predicted molar refractivity (Wildman–Crippen MR) is 103 cm³/mol. The summed E-state index contributed by atoms with van der Waals surface area (Å²) in [6, 6.07) is 0. The molecule has 6 heteroatoms. The molecule has 0 aromatic rings. The van der Waals surface area contributed by atoms with Crippen LogP contribution in [0.5, 0.6) is 0 Å². The van der Waals surface area contributed by atoms with Crippen LogP contribution in [-0.4, -0.2) is 41.8 Å². The number of ketones is 2. The summed E-state index contributed by atoms with van der Waals surface area (Å²) in [4.78, 5) is 20.1. The van der Waals surface area contributed by atoms with Gasteiger partial charge in [-0.05, 0) is 39.0 Å². The van der Waals surface area contributed by atoms with Crippen molar-refractivity contribution >= 4 is 34.8 Å². The molecule has 0 bridgehead atoms. The summed E-state index contributed by atoms with van der Waals surface area (Å²) in [7, 11) is 0. The van der Waals surface area contributed by atoms with Gasteiger partial charge in [-0.2, -0.15) is 0 Å². The lowest BCUT2D eigenvalue weighted by atomic mass is 10.4. The molecule has 1 saturated heterocycles. The summed E-state index contributed by atoms with van der Waals surface area (Å²) >= 11 is 9.53. The molecule has 0 spiro atoms. The molecule has 146 valence electrons. The van der Waals surface area contributed by atoms with Gasteiger partial charge in [-0.25, -0.2) is 0 Å². The average molecular weight is 387 g/mol. The smallest absolute Gasteiger partial charge is 0.132 e. The quantitative estimate of drug-likeness (QED) is 0.684. The number of hydrogen-bond donors (Lipinski definition) is 1. The number of aliphatic hydroxyl groups excluding tert-OH is 1. The van der Waals surface area contributed by atoms with Crippen LogP contribution >= 0.6 is 23.2 Å². The molecule has 0 atom stereocenters. The molecule has 1 N–H and O–H groups in total. The number of ether oxygens (including phenoxy) is 1. The number of unbranched alkanes of at least 4 members (excludes halogenated alkanes) is 1. The van der Waals surface area contributed by atoms with Gasteiger partial charge < -0.3 is 14.6 Å². The lowest BCUT2D eigenvalue weighted by molar-refractivity contribution is -0.117. The zero-order valence-electron chi connectivity index (χ0n) is 15.6. The van der Waals surface area contributed by atoms with Crippen molar-refractivity contribution in [3.63, 3.8) is 0 Å². The first-order valence-electron chi connectivity index (χ1n) is 8.81. The summed E-state index contributed by atoms with van der Waals surface area (Å²) in [5, 5.41) is 8.26. The Morgan fingerprint density at radius 3 is 1.58 bits per heavy atom. The number of carbonyl (C=O) groups is 2. The largest absolute Gasteiger partial charge is 0.396 e. The zero-order chi connectivity index (χ0) is 19.1. The highest BCUT2D eigenvalue weighted by Gasteiger charge is 2.07. The van der Waals surface area contributed by atoms with Gasteiger partial charge in [0.2, 0.25) is 0 Å². The van der Waals surface area contributed by atoms with Crippen molar-refractivity contribution in [2.75, 3.05) is 25.2 Å². The second-order valence-corrected chi connectivity index (χ2v) is 6.11. The molecule has 0 aromatic carbocycles. The van der Waals surface area contributed by atoms with Gasteiger partial charge in [-0.3, -0.25) is 4.79 Å². The minimum absolute atomic E-state index is 0.194. The number of hydrogen-bond acceptors (Lipinski definition) is 4. The van der Waals surface area contributed by atoms with E-state index in [1.54, 1.807) is 6.92 Å². The van der Waals surface area contributed by atoms with Crippen molar-refractivity contribution in [3.05, 3.63) is 0 Å². The zero-order valence-corrected chi connectivity index (χ0v) is 17.1. The Kier molecular flexibility index (Phi) is 33.0. The highest BCUT2D eigenvalue weighted by Crippen LogP contribution is 2.11. The number of halogens is 2. The minimum Gasteiger partial charge on any atom is -0.396 e. The Labute approximate surface area is 158 Å². The van der Waals surface area contributed by atoms with E-state index < -0.39 is 0 Å². The van der Waals surface area contributed by atoms with E-state index in [1.807, 2.05) is 6.92 Å². The third-order valence-corrected chi connectivity index (χ3v) is 3.00. The van der Waals surface area contributed by atoms with Crippen molar-refractivity contribution in [1.82, 2.24) is 0 Å². The summed E-state index contributed by atoms with van der Waals surface area (Å²) in [5.41, 5.74) is 0. The lowest BCUT2D eigenvalue weighted by Crippen LogP contribution is -1.81. The maximum atomic E-state index is 10.2. The van der Waals surface area contributed by atoms with Crippen LogP contribution in [-0.2, 0) is 14.3 Å². The minimum atomic E-state index is 0.194.